The van der Waals surface area contributed by atoms with Gasteiger partial charge in [-0.15, -0.1) is 0 Å². The molecule has 0 aliphatic carbocycles. The molecule has 4 rings (SSSR count). The molecule has 4 aromatic rings. The lowest BCUT2D eigenvalue weighted by Crippen LogP contribution is -1.94. The molecule has 0 aliphatic rings. The maximum Gasteiger partial charge on any atom is 0.196 e. The highest BCUT2D eigenvalue weighted by atomic mass is 35.5. The first-order valence-electron chi connectivity index (χ1n) is 6.56. The Morgan fingerprint density at radius 3 is 2.50 bits per heavy atom. The molecule has 0 saturated carbocycles. The van der Waals surface area contributed by atoms with Crippen LogP contribution in [0.15, 0.2) is 53.2 Å². The van der Waals surface area contributed by atoms with Gasteiger partial charge in [0.1, 0.15) is 17.4 Å². The molecule has 0 bridgehead atoms. The van der Waals surface area contributed by atoms with E-state index in [1.165, 1.54) is 6.33 Å². The summed E-state index contributed by atoms with van der Waals surface area (Å²) in [4.78, 5) is 8.56. The third kappa shape index (κ3) is 2.26. The second-order valence-corrected chi connectivity index (χ2v) is 5.65. The lowest BCUT2D eigenvalue weighted by molar-refractivity contribution is 0.667. The molecule has 108 valence electrons. The third-order valence-electron chi connectivity index (χ3n) is 3.32. The minimum atomic E-state index is 0.592. The van der Waals surface area contributed by atoms with Crippen molar-refractivity contribution >= 4 is 56.8 Å². The average Bonchev–Trinajstić information content (AvgIpc) is 2.89. The van der Waals surface area contributed by atoms with Crippen LogP contribution in [-0.4, -0.2) is 9.97 Å². The Hall–Kier alpha value is -2.30. The number of aromatic nitrogens is 2. The van der Waals surface area contributed by atoms with Crippen molar-refractivity contribution in [3.63, 3.8) is 0 Å². The van der Waals surface area contributed by atoms with Crippen LogP contribution < -0.4 is 5.32 Å². The maximum absolute atomic E-state index is 6.05. The molecule has 2 heterocycles. The van der Waals surface area contributed by atoms with E-state index in [-0.39, 0.29) is 0 Å². The lowest BCUT2D eigenvalue weighted by atomic mass is 10.2. The Morgan fingerprint density at radius 1 is 0.909 bits per heavy atom. The van der Waals surface area contributed by atoms with E-state index in [2.05, 4.69) is 15.3 Å². The molecule has 1 N–H and O–H groups in total. The van der Waals surface area contributed by atoms with E-state index in [1.54, 1.807) is 18.2 Å². The van der Waals surface area contributed by atoms with Crippen LogP contribution in [0, 0.1) is 0 Å². The van der Waals surface area contributed by atoms with E-state index in [9.17, 15) is 0 Å². The Labute approximate surface area is 135 Å². The Kier molecular flexibility index (Phi) is 3.13. The molecule has 2 aromatic carbocycles. The van der Waals surface area contributed by atoms with Gasteiger partial charge < -0.3 is 9.73 Å². The molecule has 2 aromatic heterocycles. The first-order valence-corrected chi connectivity index (χ1v) is 7.32. The van der Waals surface area contributed by atoms with Gasteiger partial charge in [0, 0.05) is 21.1 Å². The van der Waals surface area contributed by atoms with Crippen LogP contribution in [0.3, 0.4) is 0 Å². The number of furan rings is 1. The molecule has 4 nitrogen and oxygen atoms in total. The second-order valence-electron chi connectivity index (χ2n) is 4.77. The summed E-state index contributed by atoms with van der Waals surface area (Å²) in [5.41, 5.74) is 2.90. The number of hydrogen-bond acceptors (Lipinski definition) is 4. The van der Waals surface area contributed by atoms with Crippen LogP contribution in [0.25, 0.3) is 22.1 Å². The van der Waals surface area contributed by atoms with Crippen molar-refractivity contribution in [1.29, 1.82) is 0 Å². The van der Waals surface area contributed by atoms with Crippen molar-refractivity contribution in [1.82, 2.24) is 9.97 Å². The summed E-state index contributed by atoms with van der Waals surface area (Å²) >= 11 is 11.9. The number of halogens is 2. The highest BCUT2D eigenvalue weighted by Gasteiger charge is 2.13. The normalized spacial score (nSPS) is 11.2. The van der Waals surface area contributed by atoms with Crippen molar-refractivity contribution in [3.8, 4) is 0 Å². The molecule has 0 radical (unpaired) electrons. The van der Waals surface area contributed by atoms with E-state index in [4.69, 9.17) is 27.6 Å². The summed E-state index contributed by atoms with van der Waals surface area (Å²) in [6.45, 7) is 0. The fraction of sp³-hybridized carbons (Fsp3) is 0. The number of nitrogens with zero attached hydrogens (tertiary/aromatic N) is 2. The lowest BCUT2D eigenvalue weighted by Gasteiger charge is -2.05. The van der Waals surface area contributed by atoms with Gasteiger partial charge in [-0.3, -0.25) is 0 Å². The zero-order chi connectivity index (χ0) is 15.1. The van der Waals surface area contributed by atoms with E-state index in [0.29, 0.717) is 21.4 Å². The fourth-order valence-corrected chi connectivity index (χ4v) is 2.61. The molecule has 0 saturated heterocycles. The molecule has 0 spiro atoms. The van der Waals surface area contributed by atoms with Crippen LogP contribution in [0.5, 0.6) is 0 Å². The Balaban J connectivity index is 1.87. The second kappa shape index (κ2) is 5.16. The minimum absolute atomic E-state index is 0.592. The maximum atomic E-state index is 6.05. The van der Waals surface area contributed by atoms with Gasteiger partial charge >= 0.3 is 0 Å². The van der Waals surface area contributed by atoms with Gasteiger partial charge in [0.05, 0.1) is 0 Å². The van der Waals surface area contributed by atoms with E-state index in [0.717, 1.165) is 22.2 Å². The predicted octanol–water partition coefficient (Wildman–Crippen LogP) is 5.43. The minimum Gasteiger partial charge on any atom is -0.450 e. The number of benzene rings is 2. The van der Waals surface area contributed by atoms with Gasteiger partial charge in [-0.25, -0.2) is 9.97 Å². The summed E-state index contributed by atoms with van der Waals surface area (Å²) in [7, 11) is 0. The molecule has 0 fully saturated rings. The van der Waals surface area contributed by atoms with Gasteiger partial charge in [-0.05, 0) is 42.5 Å². The third-order valence-corrected chi connectivity index (χ3v) is 3.81. The van der Waals surface area contributed by atoms with Crippen LogP contribution in [-0.2, 0) is 0 Å². The molecule has 0 unspecified atom stereocenters. The molecule has 6 heteroatoms. The van der Waals surface area contributed by atoms with Crippen molar-refractivity contribution in [2.75, 3.05) is 5.32 Å². The molecule has 22 heavy (non-hydrogen) atoms. The quantitative estimate of drug-likeness (QED) is 0.533. The molecule has 0 amide bonds. The summed E-state index contributed by atoms with van der Waals surface area (Å²) in [6.07, 6.45) is 1.50. The Morgan fingerprint density at radius 2 is 1.68 bits per heavy atom. The summed E-state index contributed by atoms with van der Waals surface area (Å²) in [6, 6.07) is 12.8. The first kappa shape index (κ1) is 13.4. The highest BCUT2D eigenvalue weighted by Crippen LogP contribution is 2.33. The van der Waals surface area contributed by atoms with Crippen LogP contribution >= 0.6 is 23.2 Å². The number of rotatable bonds is 2. The fourth-order valence-electron chi connectivity index (χ4n) is 2.31. The highest BCUT2D eigenvalue weighted by molar-refractivity contribution is 6.31. The predicted molar refractivity (Wildman–Crippen MR) is 89.1 cm³/mol. The topological polar surface area (TPSA) is 51.0 Å². The number of nitrogens with one attached hydrogen (secondary N) is 1. The van der Waals surface area contributed by atoms with Gasteiger partial charge in [-0.2, -0.15) is 0 Å². The van der Waals surface area contributed by atoms with E-state index >= 15 is 0 Å². The SMILES string of the molecule is Clc1ccc(Nc2ncnc3c2oc2ccc(Cl)cc23)cc1. The summed E-state index contributed by atoms with van der Waals surface area (Å²) < 4.78 is 5.86. The summed E-state index contributed by atoms with van der Waals surface area (Å²) in [5, 5.41) is 5.40. The van der Waals surface area contributed by atoms with Gasteiger partial charge in [0.25, 0.3) is 0 Å². The number of hydrogen-bond donors (Lipinski definition) is 1. The van der Waals surface area contributed by atoms with Crippen molar-refractivity contribution in [3.05, 3.63) is 58.8 Å². The Bertz CT molecular complexity index is 980. The van der Waals surface area contributed by atoms with Crippen LogP contribution in [0.2, 0.25) is 10.0 Å². The molecular weight excluding hydrogens is 321 g/mol. The van der Waals surface area contributed by atoms with Gasteiger partial charge in [-0.1, -0.05) is 23.2 Å². The van der Waals surface area contributed by atoms with Gasteiger partial charge in [0.15, 0.2) is 11.4 Å². The van der Waals surface area contributed by atoms with Gasteiger partial charge in [0.2, 0.25) is 0 Å². The van der Waals surface area contributed by atoms with E-state index < -0.39 is 0 Å². The number of fused-ring (bicyclic) bond motifs is 3. The largest absolute Gasteiger partial charge is 0.450 e. The standard InChI is InChI=1S/C16H9Cl2N3O/c17-9-1-4-11(5-2-9)21-16-15-14(19-8-20-16)12-7-10(18)3-6-13(12)22-15/h1-8H,(H,19,20,21). The molecule has 0 atom stereocenters. The zero-order valence-electron chi connectivity index (χ0n) is 11.2. The van der Waals surface area contributed by atoms with Crippen LogP contribution in [0.1, 0.15) is 0 Å². The van der Waals surface area contributed by atoms with Crippen molar-refractivity contribution in [2.45, 2.75) is 0 Å². The molecule has 0 aliphatic heterocycles. The smallest absolute Gasteiger partial charge is 0.196 e. The average molecular weight is 330 g/mol. The van der Waals surface area contributed by atoms with Crippen molar-refractivity contribution in [2.24, 2.45) is 0 Å². The summed E-state index contributed by atoms with van der Waals surface area (Å²) in [5.74, 6) is 0.597. The first-order chi connectivity index (χ1) is 10.7. The van der Waals surface area contributed by atoms with Crippen LogP contribution in [0.4, 0.5) is 11.5 Å². The monoisotopic (exact) mass is 329 g/mol. The van der Waals surface area contributed by atoms with E-state index in [1.807, 2.05) is 24.3 Å². The number of anilines is 2. The van der Waals surface area contributed by atoms with Crippen molar-refractivity contribution < 1.29 is 4.42 Å². The zero-order valence-corrected chi connectivity index (χ0v) is 12.7. The molecular formula is C16H9Cl2N3O.